The molecule has 0 spiro atoms. The Kier molecular flexibility index (Phi) is 5.91. The van der Waals surface area contributed by atoms with Gasteiger partial charge in [0.1, 0.15) is 5.75 Å². The molecule has 0 aliphatic heterocycles. The Morgan fingerprint density at radius 2 is 2.24 bits per heavy atom. The van der Waals surface area contributed by atoms with Crippen LogP contribution < -0.4 is 10.1 Å². The van der Waals surface area contributed by atoms with E-state index in [2.05, 4.69) is 12.2 Å². The molecular weight excluding hydrogens is 234 g/mol. The Labute approximate surface area is 107 Å². The standard InChI is InChI=1S/C13H19NO2S/c1-4-5-8-14-13(15)16-11-6-7-12(17-3)10(2)9-11/h6-7,9H,4-5,8H2,1-3H3,(H,14,15). The summed E-state index contributed by atoms with van der Waals surface area (Å²) in [5.74, 6) is 0.592. The van der Waals surface area contributed by atoms with E-state index >= 15 is 0 Å². The molecule has 0 saturated carbocycles. The van der Waals surface area contributed by atoms with Crippen LogP contribution in [0.4, 0.5) is 4.79 Å². The van der Waals surface area contributed by atoms with Gasteiger partial charge >= 0.3 is 6.09 Å². The van der Waals surface area contributed by atoms with Gasteiger partial charge in [-0.25, -0.2) is 4.79 Å². The molecular formula is C13H19NO2S. The van der Waals surface area contributed by atoms with Gasteiger partial charge < -0.3 is 10.1 Å². The second-order valence-corrected chi connectivity index (χ2v) is 4.65. The molecule has 1 N–H and O–H groups in total. The van der Waals surface area contributed by atoms with Crippen LogP contribution in [0.2, 0.25) is 0 Å². The lowest BCUT2D eigenvalue weighted by atomic mass is 10.2. The van der Waals surface area contributed by atoms with Crippen molar-refractivity contribution in [1.29, 1.82) is 0 Å². The van der Waals surface area contributed by atoms with Crippen LogP contribution in [0, 0.1) is 6.92 Å². The normalized spacial score (nSPS) is 10.1. The van der Waals surface area contributed by atoms with E-state index in [0.29, 0.717) is 12.3 Å². The van der Waals surface area contributed by atoms with Crippen molar-refractivity contribution in [3.63, 3.8) is 0 Å². The Morgan fingerprint density at radius 1 is 1.47 bits per heavy atom. The van der Waals surface area contributed by atoms with Crippen LogP contribution in [0.1, 0.15) is 25.3 Å². The Morgan fingerprint density at radius 3 is 2.82 bits per heavy atom. The molecule has 3 nitrogen and oxygen atoms in total. The van der Waals surface area contributed by atoms with E-state index in [9.17, 15) is 4.79 Å². The van der Waals surface area contributed by atoms with Gasteiger partial charge in [0.05, 0.1) is 0 Å². The lowest BCUT2D eigenvalue weighted by Gasteiger charge is -2.08. The molecule has 0 atom stereocenters. The highest BCUT2D eigenvalue weighted by molar-refractivity contribution is 7.98. The number of ether oxygens (including phenoxy) is 1. The van der Waals surface area contributed by atoms with E-state index < -0.39 is 0 Å². The van der Waals surface area contributed by atoms with Crippen molar-refractivity contribution in [2.45, 2.75) is 31.6 Å². The molecule has 0 fully saturated rings. The smallest absolute Gasteiger partial charge is 0.410 e. The summed E-state index contributed by atoms with van der Waals surface area (Å²) in [6.07, 6.45) is 3.68. The fourth-order valence-electron chi connectivity index (χ4n) is 1.42. The molecule has 0 saturated heterocycles. The number of aryl methyl sites for hydroxylation is 1. The summed E-state index contributed by atoms with van der Waals surface area (Å²) in [5.41, 5.74) is 1.12. The first-order valence-electron chi connectivity index (χ1n) is 5.77. The number of nitrogens with one attached hydrogen (secondary N) is 1. The zero-order chi connectivity index (χ0) is 12.7. The number of amides is 1. The monoisotopic (exact) mass is 253 g/mol. The number of hydrogen-bond donors (Lipinski definition) is 1. The summed E-state index contributed by atoms with van der Waals surface area (Å²) in [6.45, 7) is 4.75. The molecule has 1 rings (SSSR count). The van der Waals surface area contributed by atoms with Crippen LogP contribution in [0.15, 0.2) is 23.1 Å². The van der Waals surface area contributed by atoms with Crippen LogP contribution >= 0.6 is 11.8 Å². The molecule has 1 aromatic carbocycles. The van der Waals surface area contributed by atoms with Crippen molar-refractivity contribution in [3.05, 3.63) is 23.8 Å². The van der Waals surface area contributed by atoms with Crippen molar-refractivity contribution >= 4 is 17.9 Å². The summed E-state index contributed by atoms with van der Waals surface area (Å²) in [7, 11) is 0. The van der Waals surface area contributed by atoms with Crippen LogP contribution in [-0.4, -0.2) is 18.9 Å². The maximum absolute atomic E-state index is 11.4. The maximum Gasteiger partial charge on any atom is 0.412 e. The number of benzene rings is 1. The highest BCUT2D eigenvalue weighted by Gasteiger charge is 2.05. The molecule has 1 amide bonds. The molecule has 1 aromatic rings. The lowest BCUT2D eigenvalue weighted by Crippen LogP contribution is -2.27. The first kappa shape index (κ1) is 13.9. The van der Waals surface area contributed by atoms with Gasteiger partial charge in [-0.05, 0) is 43.4 Å². The van der Waals surface area contributed by atoms with Gasteiger partial charge in [-0.2, -0.15) is 0 Å². The topological polar surface area (TPSA) is 38.3 Å². The van der Waals surface area contributed by atoms with Crippen molar-refractivity contribution < 1.29 is 9.53 Å². The molecule has 0 heterocycles. The van der Waals surface area contributed by atoms with E-state index in [1.54, 1.807) is 11.8 Å². The molecule has 17 heavy (non-hydrogen) atoms. The Balaban J connectivity index is 2.51. The SMILES string of the molecule is CCCCNC(=O)Oc1ccc(SC)c(C)c1. The van der Waals surface area contributed by atoms with Gasteiger partial charge in [-0.3, -0.25) is 0 Å². The predicted octanol–water partition coefficient (Wildman–Crippen LogP) is 3.61. The molecule has 94 valence electrons. The number of carbonyl (C=O) groups is 1. The largest absolute Gasteiger partial charge is 0.412 e. The van der Waals surface area contributed by atoms with Crippen LogP contribution in [0.5, 0.6) is 5.75 Å². The highest BCUT2D eigenvalue weighted by Crippen LogP contribution is 2.24. The summed E-state index contributed by atoms with van der Waals surface area (Å²) in [4.78, 5) is 12.6. The van der Waals surface area contributed by atoms with Gasteiger partial charge in [0, 0.05) is 11.4 Å². The van der Waals surface area contributed by atoms with Gasteiger partial charge in [-0.15, -0.1) is 11.8 Å². The third-order valence-electron chi connectivity index (χ3n) is 2.38. The molecule has 0 radical (unpaired) electrons. The van der Waals surface area contributed by atoms with Crippen LogP contribution in [-0.2, 0) is 0 Å². The highest BCUT2D eigenvalue weighted by atomic mass is 32.2. The minimum Gasteiger partial charge on any atom is -0.410 e. The average molecular weight is 253 g/mol. The minimum atomic E-state index is -0.380. The van der Waals surface area contributed by atoms with Crippen molar-refractivity contribution in [2.24, 2.45) is 0 Å². The van der Waals surface area contributed by atoms with E-state index in [1.165, 1.54) is 4.90 Å². The van der Waals surface area contributed by atoms with Gasteiger partial charge in [0.25, 0.3) is 0 Å². The van der Waals surface area contributed by atoms with E-state index in [1.807, 2.05) is 31.4 Å². The van der Waals surface area contributed by atoms with Crippen LogP contribution in [0.25, 0.3) is 0 Å². The van der Waals surface area contributed by atoms with Gasteiger partial charge in [0.15, 0.2) is 0 Å². The number of unbranched alkanes of at least 4 members (excludes halogenated alkanes) is 1. The predicted molar refractivity (Wildman–Crippen MR) is 71.9 cm³/mol. The summed E-state index contributed by atoms with van der Waals surface area (Å²) in [6, 6.07) is 5.66. The zero-order valence-corrected chi connectivity index (χ0v) is 11.4. The van der Waals surface area contributed by atoms with Gasteiger partial charge in [0.2, 0.25) is 0 Å². The molecule has 0 aromatic heterocycles. The maximum atomic E-state index is 11.4. The molecule has 0 bridgehead atoms. The second-order valence-electron chi connectivity index (χ2n) is 3.80. The summed E-state index contributed by atoms with van der Waals surface area (Å²) >= 11 is 1.68. The fourth-order valence-corrected chi connectivity index (χ4v) is 2.01. The number of rotatable bonds is 5. The number of carbonyl (C=O) groups excluding carboxylic acids is 1. The molecule has 0 unspecified atom stereocenters. The lowest BCUT2D eigenvalue weighted by molar-refractivity contribution is 0.200. The molecule has 4 heteroatoms. The van der Waals surface area contributed by atoms with E-state index in [0.717, 1.165) is 18.4 Å². The third-order valence-corrected chi connectivity index (χ3v) is 3.27. The third kappa shape index (κ3) is 4.69. The van der Waals surface area contributed by atoms with Crippen molar-refractivity contribution in [2.75, 3.05) is 12.8 Å². The first-order chi connectivity index (χ1) is 8.17. The Bertz CT molecular complexity index is 380. The summed E-state index contributed by atoms with van der Waals surface area (Å²) < 4.78 is 5.18. The number of hydrogen-bond acceptors (Lipinski definition) is 3. The van der Waals surface area contributed by atoms with Crippen molar-refractivity contribution in [3.8, 4) is 5.75 Å². The van der Waals surface area contributed by atoms with E-state index in [-0.39, 0.29) is 6.09 Å². The van der Waals surface area contributed by atoms with Gasteiger partial charge in [-0.1, -0.05) is 13.3 Å². The zero-order valence-electron chi connectivity index (χ0n) is 10.6. The number of thioether (sulfide) groups is 1. The molecule has 0 aliphatic carbocycles. The summed E-state index contributed by atoms with van der Waals surface area (Å²) in [5, 5.41) is 2.71. The average Bonchev–Trinajstić information content (AvgIpc) is 2.29. The Hall–Kier alpha value is -1.16. The van der Waals surface area contributed by atoms with E-state index in [4.69, 9.17) is 4.74 Å². The van der Waals surface area contributed by atoms with Crippen molar-refractivity contribution in [1.82, 2.24) is 5.32 Å². The van der Waals surface area contributed by atoms with Crippen LogP contribution in [0.3, 0.4) is 0 Å². The minimum absolute atomic E-state index is 0.380. The molecule has 0 aliphatic rings. The first-order valence-corrected chi connectivity index (χ1v) is 7.00. The fraction of sp³-hybridized carbons (Fsp3) is 0.462. The quantitative estimate of drug-likeness (QED) is 0.643. The second kappa shape index (κ2) is 7.22.